The Kier molecular flexibility index (Phi) is 11.1. The number of amidine groups is 2. The van der Waals surface area contributed by atoms with Crippen molar-refractivity contribution >= 4 is 93.5 Å². The zero-order valence-electron chi connectivity index (χ0n) is 19.6. The lowest BCUT2D eigenvalue weighted by atomic mass is 9.81. The van der Waals surface area contributed by atoms with Gasteiger partial charge in [-0.15, -0.1) is 48.0 Å². The van der Waals surface area contributed by atoms with Gasteiger partial charge in [0.15, 0.2) is 11.6 Å². The first-order chi connectivity index (χ1) is 17.0. The third-order valence-corrected chi connectivity index (χ3v) is 6.17. The Labute approximate surface area is 236 Å². The van der Waals surface area contributed by atoms with E-state index in [2.05, 4.69) is 25.6 Å². The van der Waals surface area contributed by atoms with Crippen LogP contribution in [0.1, 0.15) is 31.8 Å². The van der Waals surface area contributed by atoms with Gasteiger partial charge in [0.05, 0.1) is 52.9 Å². The highest BCUT2D eigenvalue weighted by atomic mass is 35.5. The molecule has 1 aliphatic rings. The van der Waals surface area contributed by atoms with Crippen LogP contribution in [0.4, 0.5) is 11.4 Å². The second kappa shape index (κ2) is 13.5. The summed E-state index contributed by atoms with van der Waals surface area (Å²) >= 11 is 11.4. The molecule has 9 nitrogen and oxygen atoms in total. The number of H-pyrrole nitrogens is 1. The van der Waals surface area contributed by atoms with E-state index >= 15 is 0 Å². The number of hydrogen-bond acceptors (Lipinski definition) is 6. The summed E-state index contributed by atoms with van der Waals surface area (Å²) < 4.78 is 0. The molecule has 0 amide bonds. The number of ketones is 2. The standard InChI is InChI=1S/C24H25Cl2N7O2.2ClH/c25-11-16(27)29-7-9-32-20-15-5-6-31-21(15)22(33-10-8-30-17(28)12-26)19-18(20)23(34)13-3-1-2-4-14(13)24(19)35;;/h1-6,31-33H,7-12H2,(H2,27,29)(H2,28,30);2*1H. The van der Waals surface area contributed by atoms with Crippen molar-refractivity contribution in [3.8, 4) is 0 Å². The van der Waals surface area contributed by atoms with Crippen molar-refractivity contribution in [2.75, 3.05) is 48.6 Å². The number of rotatable bonds is 10. The number of aromatic amines is 1. The number of benzene rings is 2. The number of nitrogens with zero attached hydrogens (tertiary/aromatic N) is 2. The van der Waals surface area contributed by atoms with Gasteiger partial charge in [0.1, 0.15) is 11.7 Å². The fourth-order valence-corrected chi connectivity index (χ4v) is 4.27. The number of carbonyl (C=O) groups excluding carboxylic acids is 2. The topological polar surface area (TPSA) is 151 Å². The largest absolute Gasteiger partial charge is 0.386 e. The van der Waals surface area contributed by atoms with Crippen molar-refractivity contribution in [1.29, 1.82) is 0 Å². The van der Waals surface area contributed by atoms with Crippen LogP contribution < -0.4 is 22.1 Å². The monoisotopic (exact) mass is 585 g/mol. The molecule has 1 heterocycles. The fourth-order valence-electron chi connectivity index (χ4n) is 4.10. The highest BCUT2D eigenvalue weighted by Gasteiger charge is 2.36. The Morgan fingerprint density at radius 3 is 1.81 bits per heavy atom. The molecule has 0 saturated carbocycles. The summed E-state index contributed by atoms with van der Waals surface area (Å²) in [5, 5.41) is 7.36. The third-order valence-electron chi connectivity index (χ3n) is 5.62. The molecule has 13 heteroatoms. The molecule has 1 aliphatic carbocycles. The Morgan fingerprint density at radius 1 is 0.811 bits per heavy atom. The quantitative estimate of drug-likeness (QED) is 0.0627. The van der Waals surface area contributed by atoms with Crippen LogP contribution in [0.2, 0.25) is 0 Å². The number of aliphatic imine (C=N–C) groups is 2. The molecule has 37 heavy (non-hydrogen) atoms. The van der Waals surface area contributed by atoms with Gasteiger partial charge in [-0.05, 0) is 6.07 Å². The highest BCUT2D eigenvalue weighted by molar-refractivity contribution is 6.35. The van der Waals surface area contributed by atoms with Crippen LogP contribution in [0.25, 0.3) is 10.9 Å². The number of nitrogens with one attached hydrogen (secondary N) is 3. The molecular formula is C24H27Cl4N7O2. The van der Waals surface area contributed by atoms with Gasteiger partial charge in [-0.3, -0.25) is 19.6 Å². The molecule has 0 unspecified atom stereocenters. The van der Waals surface area contributed by atoms with Gasteiger partial charge in [0.25, 0.3) is 0 Å². The number of hydrogen-bond donors (Lipinski definition) is 5. The molecule has 3 aromatic rings. The van der Waals surface area contributed by atoms with Crippen LogP contribution in [-0.4, -0.2) is 66.2 Å². The Hall–Kier alpha value is -2.98. The zero-order valence-corrected chi connectivity index (χ0v) is 22.8. The predicted molar refractivity (Wildman–Crippen MR) is 157 cm³/mol. The molecule has 0 spiro atoms. The van der Waals surface area contributed by atoms with E-state index in [1.165, 1.54) is 0 Å². The number of aromatic nitrogens is 1. The highest BCUT2D eigenvalue weighted by Crippen LogP contribution is 2.42. The number of nitrogens with two attached hydrogens (primary N) is 2. The van der Waals surface area contributed by atoms with Crippen LogP contribution in [0.15, 0.2) is 46.5 Å². The van der Waals surface area contributed by atoms with E-state index in [9.17, 15) is 9.59 Å². The van der Waals surface area contributed by atoms with Crippen molar-refractivity contribution in [3.63, 3.8) is 0 Å². The van der Waals surface area contributed by atoms with Crippen molar-refractivity contribution in [3.05, 3.63) is 58.8 Å². The first kappa shape index (κ1) is 30.2. The Balaban J connectivity index is 0.00000241. The third kappa shape index (κ3) is 6.13. The Morgan fingerprint density at radius 2 is 1.30 bits per heavy atom. The minimum atomic E-state index is -0.231. The Bertz CT molecular complexity index is 1260. The normalized spacial score (nSPS) is 12.9. The van der Waals surface area contributed by atoms with E-state index in [0.29, 0.717) is 77.0 Å². The van der Waals surface area contributed by atoms with Crippen LogP contribution in [0, 0.1) is 0 Å². The molecule has 4 rings (SSSR count). The average Bonchev–Trinajstić information content (AvgIpc) is 3.37. The molecular weight excluding hydrogens is 560 g/mol. The first-order valence-electron chi connectivity index (χ1n) is 11.0. The van der Waals surface area contributed by atoms with Crippen LogP contribution >= 0.6 is 48.0 Å². The van der Waals surface area contributed by atoms with E-state index in [1.807, 2.05) is 6.07 Å². The molecule has 198 valence electrons. The second-order valence-corrected chi connectivity index (χ2v) is 8.37. The lowest BCUT2D eigenvalue weighted by Gasteiger charge is -2.25. The van der Waals surface area contributed by atoms with E-state index in [0.717, 1.165) is 5.39 Å². The summed E-state index contributed by atoms with van der Waals surface area (Å²) in [5.41, 5.74) is 14.6. The number of anilines is 2. The van der Waals surface area contributed by atoms with Crippen LogP contribution in [0.5, 0.6) is 0 Å². The summed E-state index contributed by atoms with van der Waals surface area (Å²) in [4.78, 5) is 39.0. The van der Waals surface area contributed by atoms with Crippen molar-refractivity contribution in [1.82, 2.24) is 4.98 Å². The number of halogens is 4. The van der Waals surface area contributed by atoms with E-state index < -0.39 is 0 Å². The summed E-state index contributed by atoms with van der Waals surface area (Å²) in [6.45, 7) is 1.50. The molecule has 0 atom stereocenters. The minimum Gasteiger partial charge on any atom is -0.386 e. The van der Waals surface area contributed by atoms with Gasteiger partial charge >= 0.3 is 0 Å². The molecule has 0 saturated heterocycles. The van der Waals surface area contributed by atoms with E-state index in [4.69, 9.17) is 34.7 Å². The average molecular weight is 587 g/mol. The lowest BCUT2D eigenvalue weighted by molar-refractivity contribution is 0.0980. The van der Waals surface area contributed by atoms with Gasteiger partial charge in [-0.1, -0.05) is 24.3 Å². The summed E-state index contributed by atoms with van der Waals surface area (Å²) in [7, 11) is 0. The maximum absolute atomic E-state index is 13.7. The smallest absolute Gasteiger partial charge is 0.196 e. The first-order valence-corrected chi connectivity index (χ1v) is 12.1. The summed E-state index contributed by atoms with van der Waals surface area (Å²) in [6, 6.07) is 8.70. The molecule has 1 aromatic heterocycles. The molecule has 0 fully saturated rings. The summed E-state index contributed by atoms with van der Waals surface area (Å²) in [5.74, 6) is 0.489. The second-order valence-electron chi connectivity index (χ2n) is 7.84. The molecule has 0 bridgehead atoms. The summed E-state index contributed by atoms with van der Waals surface area (Å²) in [6.07, 6.45) is 1.77. The van der Waals surface area contributed by atoms with E-state index in [1.54, 1.807) is 30.5 Å². The minimum absolute atomic E-state index is 0. The predicted octanol–water partition coefficient (Wildman–Crippen LogP) is 3.80. The molecule has 2 aromatic carbocycles. The number of fused-ring (bicyclic) bond motifs is 3. The van der Waals surface area contributed by atoms with Crippen molar-refractivity contribution in [2.24, 2.45) is 21.5 Å². The lowest BCUT2D eigenvalue weighted by Crippen LogP contribution is -2.25. The van der Waals surface area contributed by atoms with Gasteiger partial charge in [0, 0.05) is 35.8 Å². The van der Waals surface area contributed by atoms with Gasteiger partial charge in [-0.25, -0.2) is 0 Å². The molecule has 7 N–H and O–H groups in total. The van der Waals surface area contributed by atoms with Gasteiger partial charge in [0.2, 0.25) is 0 Å². The zero-order chi connectivity index (χ0) is 24.9. The van der Waals surface area contributed by atoms with Crippen molar-refractivity contribution in [2.45, 2.75) is 0 Å². The number of alkyl halides is 2. The van der Waals surface area contributed by atoms with Crippen LogP contribution in [0.3, 0.4) is 0 Å². The van der Waals surface area contributed by atoms with Gasteiger partial charge in [-0.2, -0.15) is 0 Å². The maximum Gasteiger partial charge on any atom is 0.196 e. The van der Waals surface area contributed by atoms with E-state index in [-0.39, 0.29) is 48.1 Å². The molecule has 0 aliphatic heterocycles. The fraction of sp³-hybridized carbons (Fsp3) is 0.250. The SMILES string of the molecule is Cl.Cl.NC(CCl)=NCCNc1c2c(c(NCCN=C(N)CCl)c3[nH]ccc13)C(=O)c1ccccc1C2=O. The van der Waals surface area contributed by atoms with Crippen LogP contribution in [-0.2, 0) is 0 Å². The van der Waals surface area contributed by atoms with Gasteiger partial charge < -0.3 is 27.1 Å². The maximum atomic E-state index is 13.7. The molecule has 0 radical (unpaired) electrons. The van der Waals surface area contributed by atoms with Crippen molar-refractivity contribution < 1.29 is 9.59 Å². The number of carbonyl (C=O) groups is 2.